The van der Waals surface area contributed by atoms with Crippen molar-refractivity contribution in [2.24, 2.45) is 0 Å². The van der Waals surface area contributed by atoms with Crippen molar-refractivity contribution in [1.29, 1.82) is 0 Å². The highest BCUT2D eigenvalue weighted by atomic mass is 16.3. The standard InChI is InChI=1S/C11H16N2O2/c14-8-10(15)9-4-3-5-12-11(9)13-6-1-2-7-13/h3-5,10,14-15H,1-2,6-8H2. The molecule has 15 heavy (non-hydrogen) atoms. The number of aliphatic hydroxyl groups excluding tert-OH is 2. The van der Waals surface area contributed by atoms with Crippen LogP contribution >= 0.6 is 0 Å². The van der Waals surface area contributed by atoms with Gasteiger partial charge in [-0.2, -0.15) is 0 Å². The maximum Gasteiger partial charge on any atom is 0.134 e. The second-order valence-electron chi connectivity index (χ2n) is 3.81. The number of aliphatic hydroxyl groups is 2. The van der Waals surface area contributed by atoms with E-state index in [2.05, 4.69) is 9.88 Å². The van der Waals surface area contributed by atoms with Gasteiger partial charge in [0.05, 0.1) is 6.61 Å². The van der Waals surface area contributed by atoms with Crippen molar-refractivity contribution >= 4 is 5.82 Å². The van der Waals surface area contributed by atoms with Crippen molar-refractivity contribution in [3.63, 3.8) is 0 Å². The number of pyridine rings is 1. The molecule has 82 valence electrons. The minimum atomic E-state index is -0.825. The molecule has 1 fully saturated rings. The third-order valence-corrected chi connectivity index (χ3v) is 2.75. The van der Waals surface area contributed by atoms with E-state index in [0.717, 1.165) is 24.5 Å². The van der Waals surface area contributed by atoms with Gasteiger partial charge in [-0.1, -0.05) is 6.07 Å². The van der Waals surface area contributed by atoms with E-state index in [9.17, 15) is 5.11 Å². The fourth-order valence-corrected chi connectivity index (χ4v) is 1.96. The Hall–Kier alpha value is -1.13. The van der Waals surface area contributed by atoms with Crippen molar-refractivity contribution in [1.82, 2.24) is 4.98 Å². The smallest absolute Gasteiger partial charge is 0.134 e. The van der Waals surface area contributed by atoms with Crippen LogP contribution in [0.1, 0.15) is 24.5 Å². The van der Waals surface area contributed by atoms with Crippen LogP contribution in [0.4, 0.5) is 5.82 Å². The molecule has 4 nitrogen and oxygen atoms in total. The second-order valence-corrected chi connectivity index (χ2v) is 3.81. The van der Waals surface area contributed by atoms with Gasteiger partial charge in [-0.25, -0.2) is 4.98 Å². The van der Waals surface area contributed by atoms with Gasteiger partial charge in [-0.3, -0.25) is 0 Å². The van der Waals surface area contributed by atoms with E-state index in [0.29, 0.717) is 0 Å². The number of hydrogen-bond donors (Lipinski definition) is 2. The molecule has 2 rings (SSSR count). The van der Waals surface area contributed by atoms with E-state index in [-0.39, 0.29) is 6.61 Å². The Labute approximate surface area is 89.2 Å². The van der Waals surface area contributed by atoms with Crippen LogP contribution in [0.3, 0.4) is 0 Å². The predicted molar refractivity (Wildman–Crippen MR) is 57.7 cm³/mol. The Balaban J connectivity index is 2.28. The van der Waals surface area contributed by atoms with E-state index >= 15 is 0 Å². The van der Waals surface area contributed by atoms with Crippen molar-refractivity contribution < 1.29 is 10.2 Å². The molecule has 1 atom stereocenters. The monoisotopic (exact) mass is 208 g/mol. The van der Waals surface area contributed by atoms with Crippen molar-refractivity contribution in [2.45, 2.75) is 18.9 Å². The summed E-state index contributed by atoms with van der Waals surface area (Å²) in [5.41, 5.74) is 0.724. The highest BCUT2D eigenvalue weighted by Crippen LogP contribution is 2.26. The van der Waals surface area contributed by atoms with Crippen LogP contribution < -0.4 is 4.90 Å². The van der Waals surface area contributed by atoms with Gasteiger partial charge in [-0.05, 0) is 18.9 Å². The molecule has 0 amide bonds. The van der Waals surface area contributed by atoms with E-state index in [4.69, 9.17) is 5.11 Å². The summed E-state index contributed by atoms with van der Waals surface area (Å²) in [6.07, 6.45) is 3.24. The van der Waals surface area contributed by atoms with Crippen LogP contribution in [0.5, 0.6) is 0 Å². The van der Waals surface area contributed by atoms with Crippen LogP contribution in [0.2, 0.25) is 0 Å². The predicted octanol–water partition coefficient (Wildman–Crippen LogP) is 0.707. The van der Waals surface area contributed by atoms with Crippen molar-refractivity contribution in [3.05, 3.63) is 23.9 Å². The summed E-state index contributed by atoms with van der Waals surface area (Å²) in [6, 6.07) is 3.61. The van der Waals surface area contributed by atoms with Crippen LogP contribution in [0.25, 0.3) is 0 Å². The Morgan fingerprint density at radius 1 is 1.40 bits per heavy atom. The second kappa shape index (κ2) is 4.59. The topological polar surface area (TPSA) is 56.6 Å². The van der Waals surface area contributed by atoms with Gasteiger partial charge in [0, 0.05) is 24.8 Å². The average Bonchev–Trinajstić information content (AvgIpc) is 2.81. The molecule has 1 aromatic heterocycles. The van der Waals surface area contributed by atoms with E-state index in [1.54, 1.807) is 12.3 Å². The Morgan fingerprint density at radius 3 is 2.80 bits per heavy atom. The molecule has 2 N–H and O–H groups in total. The maximum absolute atomic E-state index is 9.65. The summed E-state index contributed by atoms with van der Waals surface area (Å²) in [4.78, 5) is 6.45. The average molecular weight is 208 g/mol. The van der Waals surface area contributed by atoms with Gasteiger partial charge < -0.3 is 15.1 Å². The highest BCUT2D eigenvalue weighted by Gasteiger charge is 2.19. The third-order valence-electron chi connectivity index (χ3n) is 2.75. The molecule has 0 aromatic carbocycles. The van der Waals surface area contributed by atoms with Crippen LogP contribution in [-0.4, -0.2) is 34.9 Å². The molecule has 0 bridgehead atoms. The zero-order chi connectivity index (χ0) is 10.7. The Kier molecular flexibility index (Phi) is 3.18. The van der Waals surface area contributed by atoms with Crippen LogP contribution in [-0.2, 0) is 0 Å². The van der Waals surface area contributed by atoms with Gasteiger partial charge in [0.25, 0.3) is 0 Å². The summed E-state index contributed by atoms with van der Waals surface area (Å²) >= 11 is 0. The van der Waals surface area contributed by atoms with Crippen LogP contribution in [0, 0.1) is 0 Å². The minimum Gasteiger partial charge on any atom is -0.393 e. The minimum absolute atomic E-state index is 0.257. The van der Waals surface area contributed by atoms with Gasteiger partial charge >= 0.3 is 0 Å². The number of aromatic nitrogens is 1. The lowest BCUT2D eigenvalue weighted by atomic mass is 10.1. The molecular formula is C11H16N2O2. The highest BCUT2D eigenvalue weighted by molar-refractivity contribution is 5.48. The summed E-state index contributed by atoms with van der Waals surface area (Å²) in [6.45, 7) is 1.72. The lowest BCUT2D eigenvalue weighted by Crippen LogP contribution is -2.22. The van der Waals surface area contributed by atoms with Gasteiger partial charge in [0.1, 0.15) is 11.9 Å². The first kappa shape index (κ1) is 10.4. The first-order valence-electron chi connectivity index (χ1n) is 5.31. The van der Waals surface area contributed by atoms with E-state index in [1.807, 2.05) is 6.07 Å². The SMILES string of the molecule is OCC(O)c1cccnc1N1CCCC1. The van der Waals surface area contributed by atoms with Crippen LogP contribution in [0.15, 0.2) is 18.3 Å². The summed E-state index contributed by atoms with van der Waals surface area (Å²) in [7, 11) is 0. The third kappa shape index (κ3) is 2.11. The fraction of sp³-hybridized carbons (Fsp3) is 0.545. The van der Waals surface area contributed by atoms with Gasteiger partial charge in [0.15, 0.2) is 0 Å². The van der Waals surface area contributed by atoms with Crippen molar-refractivity contribution in [3.8, 4) is 0 Å². The molecule has 1 saturated heterocycles. The molecule has 1 aromatic rings. The quantitative estimate of drug-likeness (QED) is 0.768. The molecule has 0 aliphatic carbocycles. The molecule has 1 unspecified atom stereocenters. The van der Waals surface area contributed by atoms with Gasteiger partial charge in [-0.15, -0.1) is 0 Å². The largest absolute Gasteiger partial charge is 0.393 e. The molecule has 0 spiro atoms. The summed E-state index contributed by atoms with van der Waals surface area (Å²) in [5, 5.41) is 18.6. The first-order valence-corrected chi connectivity index (χ1v) is 5.31. The zero-order valence-corrected chi connectivity index (χ0v) is 8.63. The van der Waals surface area contributed by atoms with Gasteiger partial charge in [0.2, 0.25) is 0 Å². The molecule has 0 saturated carbocycles. The summed E-state index contributed by atoms with van der Waals surface area (Å²) in [5.74, 6) is 0.816. The number of rotatable bonds is 3. The Bertz CT molecular complexity index is 324. The Morgan fingerprint density at radius 2 is 2.13 bits per heavy atom. The zero-order valence-electron chi connectivity index (χ0n) is 8.63. The number of anilines is 1. The van der Waals surface area contributed by atoms with E-state index < -0.39 is 6.10 Å². The molecule has 1 aliphatic rings. The fourth-order valence-electron chi connectivity index (χ4n) is 1.96. The lowest BCUT2D eigenvalue weighted by Gasteiger charge is -2.21. The van der Waals surface area contributed by atoms with E-state index in [1.165, 1.54) is 12.8 Å². The first-order chi connectivity index (χ1) is 7.33. The molecule has 4 heteroatoms. The number of nitrogens with zero attached hydrogens (tertiary/aromatic N) is 2. The summed E-state index contributed by atoms with van der Waals surface area (Å²) < 4.78 is 0. The molecular weight excluding hydrogens is 192 g/mol. The lowest BCUT2D eigenvalue weighted by molar-refractivity contribution is 0.0957. The van der Waals surface area contributed by atoms with Crippen molar-refractivity contribution in [2.75, 3.05) is 24.6 Å². The molecule has 2 heterocycles. The number of hydrogen-bond acceptors (Lipinski definition) is 4. The molecule has 1 aliphatic heterocycles. The maximum atomic E-state index is 9.65. The molecule has 0 radical (unpaired) electrons. The normalized spacial score (nSPS) is 18.1.